The molecule has 0 saturated carbocycles. The van der Waals surface area contributed by atoms with Crippen molar-refractivity contribution >= 4 is 33.1 Å². The lowest BCUT2D eigenvalue weighted by atomic mass is 10.0. The molecule has 1 aromatic heterocycles. The van der Waals surface area contributed by atoms with Gasteiger partial charge in [-0.15, -0.1) is 0 Å². The summed E-state index contributed by atoms with van der Waals surface area (Å²) in [6.45, 7) is 0. The first-order valence-electron chi connectivity index (χ1n) is 6.05. The number of carbonyl (C=O) groups excluding carboxylic acids is 1. The van der Waals surface area contributed by atoms with Crippen LogP contribution in [-0.2, 0) is 11.2 Å². The molecule has 0 unspecified atom stereocenters. The highest BCUT2D eigenvalue weighted by Gasteiger charge is 2.19. The van der Waals surface area contributed by atoms with Gasteiger partial charge < -0.3 is 0 Å². The van der Waals surface area contributed by atoms with Crippen LogP contribution in [-0.4, -0.2) is 21.7 Å². The van der Waals surface area contributed by atoms with Crippen LogP contribution >= 0.6 is 15.9 Å². The highest BCUT2D eigenvalue weighted by atomic mass is 79.9. The van der Waals surface area contributed by atoms with Crippen LogP contribution in [0.5, 0.6) is 0 Å². The van der Waals surface area contributed by atoms with Gasteiger partial charge in [0.25, 0.3) is 5.56 Å². The van der Waals surface area contributed by atoms with E-state index in [0.717, 1.165) is 15.7 Å². The van der Waals surface area contributed by atoms with E-state index in [4.69, 9.17) is 0 Å². The molecule has 6 heteroatoms. The predicted molar refractivity (Wildman–Crippen MR) is 78.5 cm³/mol. The molecular weight excluding hydrogens is 322 g/mol. The van der Waals surface area contributed by atoms with E-state index < -0.39 is 0 Å². The summed E-state index contributed by atoms with van der Waals surface area (Å²) in [5.74, 6) is 0.0387. The number of benzene rings is 1. The first-order valence-corrected chi connectivity index (χ1v) is 6.84. The molecule has 100 valence electrons. The average Bonchev–Trinajstić information content (AvgIpc) is 2.56. The number of rotatable bonds is 1. The first-order chi connectivity index (χ1) is 9.63. The van der Waals surface area contributed by atoms with Crippen LogP contribution < -0.4 is 5.56 Å². The van der Waals surface area contributed by atoms with Crippen molar-refractivity contribution in [3.8, 4) is 0 Å². The van der Waals surface area contributed by atoms with Crippen LogP contribution in [0.3, 0.4) is 0 Å². The lowest BCUT2D eigenvalue weighted by molar-refractivity contribution is -0.117. The maximum absolute atomic E-state index is 12.0. The van der Waals surface area contributed by atoms with Gasteiger partial charge in [0, 0.05) is 23.5 Å². The third-order valence-electron chi connectivity index (χ3n) is 3.09. The number of ketones is 1. The van der Waals surface area contributed by atoms with Gasteiger partial charge in [-0.25, -0.2) is 5.10 Å². The van der Waals surface area contributed by atoms with Crippen LogP contribution in [0.1, 0.15) is 17.5 Å². The number of fused-ring (bicyclic) bond motifs is 1. The summed E-state index contributed by atoms with van der Waals surface area (Å²) in [6.07, 6.45) is 1.96. The SMILES string of the molecule is O=C1CC(c2ccn[nH]c2=O)=Nc2ccc(Br)cc2C1. The second-order valence-corrected chi connectivity index (χ2v) is 5.44. The largest absolute Gasteiger partial charge is 0.299 e. The van der Waals surface area contributed by atoms with E-state index >= 15 is 0 Å². The van der Waals surface area contributed by atoms with Crippen LogP contribution in [0.2, 0.25) is 0 Å². The number of Topliss-reactive ketones (excluding diaryl/α,β-unsaturated/α-hetero) is 1. The third-order valence-corrected chi connectivity index (χ3v) is 3.58. The van der Waals surface area contributed by atoms with E-state index in [-0.39, 0.29) is 17.8 Å². The monoisotopic (exact) mass is 331 g/mol. The fraction of sp³-hybridized carbons (Fsp3) is 0.143. The topological polar surface area (TPSA) is 75.2 Å². The van der Waals surface area contributed by atoms with Gasteiger partial charge in [-0.1, -0.05) is 15.9 Å². The Hall–Kier alpha value is -2.08. The summed E-state index contributed by atoms with van der Waals surface area (Å²) in [5.41, 5.74) is 2.14. The Morgan fingerprint density at radius 2 is 2.00 bits per heavy atom. The van der Waals surface area contributed by atoms with Gasteiger partial charge in [0.05, 0.1) is 17.0 Å². The number of aromatic amines is 1. The molecule has 0 spiro atoms. The van der Waals surface area contributed by atoms with Crippen molar-refractivity contribution in [2.24, 2.45) is 4.99 Å². The highest BCUT2D eigenvalue weighted by Crippen LogP contribution is 2.28. The zero-order chi connectivity index (χ0) is 14.1. The van der Waals surface area contributed by atoms with Gasteiger partial charge in [0.15, 0.2) is 0 Å². The number of carbonyl (C=O) groups is 1. The van der Waals surface area contributed by atoms with Crippen molar-refractivity contribution in [3.05, 3.63) is 56.4 Å². The fourth-order valence-electron chi connectivity index (χ4n) is 2.18. The van der Waals surface area contributed by atoms with Crippen molar-refractivity contribution in [1.29, 1.82) is 0 Å². The number of nitrogens with one attached hydrogen (secondary N) is 1. The molecule has 1 N–H and O–H groups in total. The fourth-order valence-corrected chi connectivity index (χ4v) is 2.59. The smallest absolute Gasteiger partial charge is 0.273 e. The summed E-state index contributed by atoms with van der Waals surface area (Å²) in [7, 11) is 0. The lowest BCUT2D eigenvalue weighted by Crippen LogP contribution is -2.20. The number of aliphatic imine (C=N–C) groups is 1. The minimum Gasteiger partial charge on any atom is -0.299 e. The molecule has 2 aromatic rings. The molecule has 0 radical (unpaired) electrons. The minimum absolute atomic E-state index is 0.0387. The maximum atomic E-state index is 12.0. The molecule has 0 bridgehead atoms. The summed E-state index contributed by atoms with van der Waals surface area (Å²) in [5, 5.41) is 6.01. The molecule has 5 nitrogen and oxygen atoms in total. The Labute approximate surface area is 122 Å². The van der Waals surface area contributed by atoms with E-state index in [0.29, 0.717) is 17.7 Å². The number of H-pyrrole nitrogens is 1. The van der Waals surface area contributed by atoms with E-state index in [1.165, 1.54) is 6.20 Å². The zero-order valence-electron chi connectivity index (χ0n) is 10.4. The van der Waals surface area contributed by atoms with E-state index in [2.05, 4.69) is 31.1 Å². The molecule has 1 aliphatic heterocycles. The van der Waals surface area contributed by atoms with Crippen LogP contribution in [0.25, 0.3) is 0 Å². The molecule has 1 aliphatic rings. The van der Waals surface area contributed by atoms with Gasteiger partial charge in [-0.2, -0.15) is 5.10 Å². The van der Waals surface area contributed by atoms with Crippen LogP contribution in [0.4, 0.5) is 5.69 Å². The van der Waals surface area contributed by atoms with Gasteiger partial charge in [-0.05, 0) is 29.8 Å². The van der Waals surface area contributed by atoms with Gasteiger partial charge in [0.2, 0.25) is 0 Å². The normalized spacial score (nSPS) is 14.4. The quantitative estimate of drug-likeness (QED) is 0.870. The molecule has 3 rings (SSSR count). The van der Waals surface area contributed by atoms with Crippen LogP contribution in [0.15, 0.2) is 44.7 Å². The Bertz CT molecular complexity index is 780. The number of halogens is 1. The molecule has 0 aliphatic carbocycles. The van der Waals surface area contributed by atoms with Crippen LogP contribution in [0, 0.1) is 0 Å². The lowest BCUT2D eigenvalue weighted by Gasteiger charge is -2.02. The molecule has 2 heterocycles. The number of nitrogens with zero attached hydrogens (tertiary/aromatic N) is 2. The van der Waals surface area contributed by atoms with Gasteiger partial charge >= 0.3 is 0 Å². The maximum Gasteiger partial charge on any atom is 0.273 e. The predicted octanol–water partition coefficient (Wildman–Crippen LogP) is 2.17. The summed E-state index contributed by atoms with van der Waals surface area (Å²) >= 11 is 3.38. The Morgan fingerprint density at radius 1 is 1.15 bits per heavy atom. The third kappa shape index (κ3) is 2.46. The van der Waals surface area contributed by atoms with Crippen molar-refractivity contribution < 1.29 is 4.79 Å². The number of aromatic nitrogens is 2. The Kier molecular flexibility index (Phi) is 3.31. The van der Waals surface area contributed by atoms with Crippen molar-refractivity contribution in [1.82, 2.24) is 10.2 Å². The second kappa shape index (κ2) is 5.13. The van der Waals surface area contributed by atoms with Crippen molar-refractivity contribution in [3.63, 3.8) is 0 Å². The molecule has 1 aromatic carbocycles. The molecule has 20 heavy (non-hydrogen) atoms. The number of hydrogen-bond donors (Lipinski definition) is 1. The van der Waals surface area contributed by atoms with Crippen molar-refractivity contribution in [2.45, 2.75) is 12.8 Å². The second-order valence-electron chi connectivity index (χ2n) is 4.52. The molecular formula is C14H10BrN3O2. The highest BCUT2D eigenvalue weighted by molar-refractivity contribution is 9.10. The van der Waals surface area contributed by atoms with E-state index in [9.17, 15) is 9.59 Å². The Balaban J connectivity index is 2.17. The first kappa shape index (κ1) is 12.9. The molecule has 0 fully saturated rings. The van der Waals surface area contributed by atoms with E-state index in [1.807, 2.05) is 18.2 Å². The Morgan fingerprint density at radius 3 is 2.80 bits per heavy atom. The standard InChI is InChI=1S/C14H10BrN3O2/c15-9-1-2-12-8(5-9)6-10(19)7-13(17-12)11-3-4-16-18-14(11)20/h1-5H,6-7H2,(H,18,20). The minimum atomic E-state index is -0.334. The number of hydrogen-bond acceptors (Lipinski definition) is 4. The molecule has 0 saturated heterocycles. The van der Waals surface area contributed by atoms with Gasteiger partial charge in [-0.3, -0.25) is 14.6 Å². The summed E-state index contributed by atoms with van der Waals surface area (Å²) in [6, 6.07) is 7.17. The zero-order valence-corrected chi connectivity index (χ0v) is 12.0. The molecule has 0 amide bonds. The van der Waals surface area contributed by atoms with Gasteiger partial charge in [0.1, 0.15) is 5.78 Å². The average molecular weight is 332 g/mol. The van der Waals surface area contributed by atoms with Crippen molar-refractivity contribution in [2.75, 3.05) is 0 Å². The summed E-state index contributed by atoms with van der Waals surface area (Å²) in [4.78, 5) is 28.3. The van der Waals surface area contributed by atoms with E-state index in [1.54, 1.807) is 6.07 Å². The summed E-state index contributed by atoms with van der Waals surface area (Å²) < 4.78 is 0.907. The molecule has 0 atom stereocenters.